The van der Waals surface area contributed by atoms with Crippen molar-refractivity contribution in [1.82, 2.24) is 10.2 Å². The molecule has 1 rings (SSSR count). The lowest BCUT2D eigenvalue weighted by Crippen LogP contribution is -2.52. The summed E-state index contributed by atoms with van der Waals surface area (Å²) >= 11 is 0. The van der Waals surface area contributed by atoms with E-state index < -0.39 is 11.5 Å². The van der Waals surface area contributed by atoms with Crippen molar-refractivity contribution in [3.05, 3.63) is 0 Å². The Morgan fingerprint density at radius 2 is 2.14 bits per heavy atom. The Hall–Kier alpha value is -0.610. The van der Waals surface area contributed by atoms with Gasteiger partial charge in [-0.15, -0.1) is 0 Å². The lowest BCUT2D eigenvalue weighted by atomic mass is 9.89. The molecule has 0 amide bonds. The van der Waals surface area contributed by atoms with Crippen LogP contribution in [0.3, 0.4) is 0 Å². The number of hydrogen-bond acceptors (Lipinski definition) is 3. The zero-order chi connectivity index (χ0) is 15.7. The lowest BCUT2D eigenvalue weighted by molar-refractivity contribution is -0.145. The van der Waals surface area contributed by atoms with Crippen molar-refractivity contribution in [2.24, 2.45) is 5.92 Å². The van der Waals surface area contributed by atoms with Gasteiger partial charge in [-0.05, 0) is 64.1 Å². The Labute approximate surface area is 130 Å². The highest BCUT2D eigenvalue weighted by atomic mass is 16.4. The Morgan fingerprint density at radius 1 is 1.38 bits per heavy atom. The van der Waals surface area contributed by atoms with E-state index in [0.29, 0.717) is 6.42 Å². The summed E-state index contributed by atoms with van der Waals surface area (Å²) in [6.07, 6.45) is 7.24. The number of nitrogens with zero attached hydrogens (tertiary/aromatic N) is 1. The second kappa shape index (κ2) is 9.42. The molecule has 1 saturated heterocycles. The van der Waals surface area contributed by atoms with Crippen LogP contribution in [0.4, 0.5) is 0 Å². The lowest BCUT2D eigenvalue weighted by Gasteiger charge is -2.34. The molecular formula is C17H34N2O2. The Kier molecular flexibility index (Phi) is 8.27. The number of carboxylic acids is 1. The summed E-state index contributed by atoms with van der Waals surface area (Å²) in [6.45, 7) is 10.5. The summed E-state index contributed by atoms with van der Waals surface area (Å²) in [4.78, 5) is 14.2. The second-order valence-electron chi connectivity index (χ2n) is 6.49. The molecule has 0 bridgehead atoms. The van der Waals surface area contributed by atoms with Crippen LogP contribution in [0.1, 0.15) is 65.7 Å². The third-order valence-corrected chi connectivity index (χ3v) is 4.98. The first-order valence-electron chi connectivity index (χ1n) is 8.78. The average molecular weight is 298 g/mol. The monoisotopic (exact) mass is 298 g/mol. The van der Waals surface area contributed by atoms with Crippen molar-refractivity contribution >= 4 is 5.97 Å². The number of rotatable bonds is 10. The molecule has 4 heteroatoms. The van der Waals surface area contributed by atoms with E-state index in [2.05, 4.69) is 24.1 Å². The van der Waals surface area contributed by atoms with Gasteiger partial charge in [-0.2, -0.15) is 0 Å². The highest BCUT2D eigenvalue weighted by Gasteiger charge is 2.35. The van der Waals surface area contributed by atoms with Gasteiger partial charge < -0.3 is 15.3 Å². The normalized spacial score (nSPS) is 22.9. The highest BCUT2D eigenvalue weighted by molar-refractivity contribution is 5.78. The number of hydrogen-bond donors (Lipinski definition) is 2. The van der Waals surface area contributed by atoms with E-state index >= 15 is 0 Å². The minimum absolute atomic E-state index is 0.653. The van der Waals surface area contributed by atoms with Crippen LogP contribution in [-0.2, 0) is 4.79 Å². The second-order valence-corrected chi connectivity index (χ2v) is 6.49. The Bertz CT molecular complexity index is 309. The van der Waals surface area contributed by atoms with E-state index in [-0.39, 0.29) is 0 Å². The predicted octanol–water partition coefficient (Wildman–Crippen LogP) is 3.12. The van der Waals surface area contributed by atoms with E-state index in [1.54, 1.807) is 0 Å². The summed E-state index contributed by atoms with van der Waals surface area (Å²) in [7, 11) is 0. The first-order chi connectivity index (χ1) is 10.1. The Balaban J connectivity index is 2.43. The maximum atomic E-state index is 11.7. The zero-order valence-electron chi connectivity index (χ0n) is 14.2. The number of piperidine rings is 1. The van der Waals surface area contributed by atoms with Gasteiger partial charge in [-0.3, -0.25) is 4.79 Å². The van der Waals surface area contributed by atoms with Crippen LogP contribution in [-0.4, -0.2) is 47.7 Å². The van der Waals surface area contributed by atoms with Crippen molar-refractivity contribution in [3.8, 4) is 0 Å². The van der Waals surface area contributed by atoms with Crippen molar-refractivity contribution in [2.45, 2.75) is 71.3 Å². The minimum Gasteiger partial charge on any atom is -0.480 e. The number of aliphatic carboxylic acids is 1. The molecule has 0 radical (unpaired) electrons. The maximum Gasteiger partial charge on any atom is 0.323 e. The van der Waals surface area contributed by atoms with E-state index in [9.17, 15) is 9.90 Å². The fraction of sp³-hybridized carbons (Fsp3) is 0.941. The molecule has 2 unspecified atom stereocenters. The molecule has 0 aromatic heterocycles. The largest absolute Gasteiger partial charge is 0.480 e. The summed E-state index contributed by atoms with van der Waals surface area (Å²) < 4.78 is 0. The van der Waals surface area contributed by atoms with Gasteiger partial charge in [0.05, 0.1) is 0 Å². The third-order valence-electron chi connectivity index (χ3n) is 4.98. The number of likely N-dealkylation sites (tertiary alicyclic amines) is 1. The molecule has 0 aromatic rings. The van der Waals surface area contributed by atoms with Crippen LogP contribution in [0, 0.1) is 5.92 Å². The van der Waals surface area contributed by atoms with E-state index in [4.69, 9.17) is 0 Å². The topological polar surface area (TPSA) is 52.6 Å². The fourth-order valence-electron chi connectivity index (χ4n) is 3.38. The SMILES string of the molecule is CCCNC(CC)(CCCN1CCCC(CC)C1)C(=O)O. The molecule has 2 N–H and O–H groups in total. The molecule has 0 aliphatic carbocycles. The summed E-state index contributed by atoms with van der Waals surface area (Å²) in [6, 6.07) is 0. The van der Waals surface area contributed by atoms with Gasteiger partial charge in [0.25, 0.3) is 0 Å². The molecule has 1 fully saturated rings. The van der Waals surface area contributed by atoms with Crippen LogP contribution in [0.5, 0.6) is 0 Å². The van der Waals surface area contributed by atoms with Crippen molar-refractivity contribution < 1.29 is 9.90 Å². The van der Waals surface area contributed by atoms with Gasteiger partial charge in [-0.25, -0.2) is 0 Å². The van der Waals surface area contributed by atoms with Gasteiger partial charge in [0, 0.05) is 6.54 Å². The van der Waals surface area contributed by atoms with Gasteiger partial charge in [-0.1, -0.05) is 27.2 Å². The van der Waals surface area contributed by atoms with Crippen LogP contribution in [0.15, 0.2) is 0 Å². The molecule has 1 aliphatic rings. The summed E-state index contributed by atoms with van der Waals surface area (Å²) in [5, 5.41) is 12.9. The van der Waals surface area contributed by atoms with Gasteiger partial charge >= 0.3 is 5.97 Å². The summed E-state index contributed by atoms with van der Waals surface area (Å²) in [5.41, 5.74) is -0.726. The maximum absolute atomic E-state index is 11.7. The first kappa shape index (κ1) is 18.4. The standard InChI is InChI=1S/C17H34N2O2/c1-4-11-18-17(6-3,16(20)21)10-8-13-19-12-7-9-15(5-2)14-19/h15,18H,4-14H2,1-3H3,(H,20,21). The van der Waals surface area contributed by atoms with Crippen LogP contribution >= 0.6 is 0 Å². The van der Waals surface area contributed by atoms with Gasteiger partial charge in [0.15, 0.2) is 0 Å². The number of carbonyl (C=O) groups is 1. The quantitative estimate of drug-likeness (QED) is 0.650. The molecule has 1 aliphatic heterocycles. The van der Waals surface area contributed by atoms with E-state index in [1.165, 1.54) is 32.4 Å². The third kappa shape index (κ3) is 5.59. The minimum atomic E-state index is -0.726. The molecule has 21 heavy (non-hydrogen) atoms. The smallest absolute Gasteiger partial charge is 0.323 e. The first-order valence-corrected chi connectivity index (χ1v) is 8.78. The van der Waals surface area contributed by atoms with Crippen LogP contribution in [0.25, 0.3) is 0 Å². The molecule has 1 heterocycles. The zero-order valence-corrected chi connectivity index (χ0v) is 14.2. The van der Waals surface area contributed by atoms with Crippen LogP contribution < -0.4 is 5.32 Å². The fourth-order valence-corrected chi connectivity index (χ4v) is 3.38. The molecule has 0 saturated carbocycles. The van der Waals surface area contributed by atoms with Gasteiger partial charge in [0.1, 0.15) is 5.54 Å². The molecule has 2 atom stereocenters. The average Bonchev–Trinajstić information content (AvgIpc) is 2.50. The molecule has 0 aromatic carbocycles. The van der Waals surface area contributed by atoms with Gasteiger partial charge in [0.2, 0.25) is 0 Å². The van der Waals surface area contributed by atoms with Crippen LogP contribution in [0.2, 0.25) is 0 Å². The van der Waals surface area contributed by atoms with Crippen molar-refractivity contribution in [1.29, 1.82) is 0 Å². The molecule has 124 valence electrons. The number of carboxylic acid groups (broad SMARTS) is 1. The predicted molar refractivity (Wildman–Crippen MR) is 87.6 cm³/mol. The Morgan fingerprint density at radius 3 is 2.71 bits per heavy atom. The molecule has 4 nitrogen and oxygen atoms in total. The number of nitrogens with one attached hydrogen (secondary N) is 1. The highest BCUT2D eigenvalue weighted by Crippen LogP contribution is 2.22. The van der Waals surface area contributed by atoms with Crippen molar-refractivity contribution in [2.75, 3.05) is 26.2 Å². The van der Waals surface area contributed by atoms with Crippen molar-refractivity contribution in [3.63, 3.8) is 0 Å². The van der Waals surface area contributed by atoms with E-state index in [1.807, 2.05) is 6.92 Å². The van der Waals surface area contributed by atoms with E-state index in [0.717, 1.165) is 38.3 Å². The summed E-state index contributed by atoms with van der Waals surface area (Å²) in [5.74, 6) is 0.149. The molecular weight excluding hydrogens is 264 g/mol. The molecule has 0 spiro atoms.